The SMILES string of the molecule is CCOc1ccc(/C=C(\C#N)c2nc3ccc(Cl)cc3c(=O)[nH]2)cc1OC. The second-order valence-corrected chi connectivity index (χ2v) is 6.03. The molecule has 0 bridgehead atoms. The topological polar surface area (TPSA) is 88.0 Å². The molecule has 0 unspecified atom stereocenters. The lowest BCUT2D eigenvalue weighted by Crippen LogP contribution is -2.11. The molecule has 0 aliphatic heterocycles. The minimum absolute atomic E-state index is 0.185. The number of fused-ring (bicyclic) bond motifs is 1. The summed E-state index contributed by atoms with van der Waals surface area (Å²) in [5, 5.41) is 10.4. The largest absolute Gasteiger partial charge is 0.493 e. The lowest BCUT2D eigenvalue weighted by atomic mass is 10.1. The molecule has 6 nitrogen and oxygen atoms in total. The van der Waals surface area contributed by atoms with Crippen molar-refractivity contribution in [2.75, 3.05) is 13.7 Å². The molecule has 7 heteroatoms. The van der Waals surface area contributed by atoms with Gasteiger partial charge < -0.3 is 14.5 Å². The first-order chi connectivity index (χ1) is 13.0. The summed E-state index contributed by atoms with van der Waals surface area (Å²) in [5.74, 6) is 1.35. The Labute approximate surface area is 160 Å². The van der Waals surface area contributed by atoms with Crippen LogP contribution in [-0.2, 0) is 0 Å². The molecule has 1 aromatic heterocycles. The van der Waals surface area contributed by atoms with E-state index in [1.54, 1.807) is 49.6 Å². The summed E-state index contributed by atoms with van der Waals surface area (Å²) in [4.78, 5) is 19.3. The van der Waals surface area contributed by atoms with E-state index in [0.29, 0.717) is 39.6 Å². The first-order valence-corrected chi connectivity index (χ1v) is 8.56. The number of aromatic nitrogens is 2. The maximum Gasteiger partial charge on any atom is 0.259 e. The van der Waals surface area contributed by atoms with Crippen LogP contribution in [0.5, 0.6) is 11.5 Å². The van der Waals surface area contributed by atoms with Gasteiger partial charge in [0.2, 0.25) is 0 Å². The van der Waals surface area contributed by atoms with E-state index in [4.69, 9.17) is 21.1 Å². The molecule has 0 spiro atoms. The first kappa shape index (κ1) is 18.5. The Morgan fingerprint density at radius 1 is 1.30 bits per heavy atom. The third-order valence-corrected chi connectivity index (χ3v) is 4.08. The minimum atomic E-state index is -0.358. The predicted octanol–water partition coefficient (Wildman–Crippen LogP) is 4.05. The predicted molar refractivity (Wildman–Crippen MR) is 105 cm³/mol. The molecule has 27 heavy (non-hydrogen) atoms. The second kappa shape index (κ2) is 7.94. The van der Waals surface area contributed by atoms with Crippen LogP contribution >= 0.6 is 11.6 Å². The summed E-state index contributed by atoms with van der Waals surface area (Å²) < 4.78 is 10.8. The van der Waals surface area contributed by atoms with Crippen LogP contribution in [0, 0.1) is 11.3 Å². The van der Waals surface area contributed by atoms with Gasteiger partial charge in [-0.2, -0.15) is 5.26 Å². The molecule has 0 aliphatic carbocycles. The van der Waals surface area contributed by atoms with E-state index in [-0.39, 0.29) is 17.0 Å². The van der Waals surface area contributed by atoms with Gasteiger partial charge in [0.05, 0.1) is 30.2 Å². The smallest absolute Gasteiger partial charge is 0.259 e. The molecule has 0 saturated heterocycles. The van der Waals surface area contributed by atoms with Gasteiger partial charge in [-0.3, -0.25) is 4.79 Å². The average molecular weight is 382 g/mol. The molecule has 0 atom stereocenters. The summed E-state index contributed by atoms with van der Waals surface area (Å²) >= 11 is 5.92. The van der Waals surface area contributed by atoms with Gasteiger partial charge in [-0.1, -0.05) is 17.7 Å². The number of H-pyrrole nitrogens is 1. The third-order valence-electron chi connectivity index (χ3n) is 3.84. The molecule has 0 aliphatic rings. The van der Waals surface area contributed by atoms with E-state index in [0.717, 1.165) is 0 Å². The highest BCUT2D eigenvalue weighted by molar-refractivity contribution is 6.31. The van der Waals surface area contributed by atoms with Gasteiger partial charge in [-0.15, -0.1) is 0 Å². The molecule has 1 N–H and O–H groups in total. The highest BCUT2D eigenvalue weighted by Crippen LogP contribution is 2.29. The fourth-order valence-corrected chi connectivity index (χ4v) is 2.78. The summed E-state index contributed by atoms with van der Waals surface area (Å²) in [7, 11) is 1.55. The number of allylic oxidation sites excluding steroid dienone is 1. The maximum atomic E-state index is 12.3. The summed E-state index contributed by atoms with van der Waals surface area (Å²) in [5.41, 5.74) is 1.03. The lowest BCUT2D eigenvalue weighted by Gasteiger charge is -2.10. The van der Waals surface area contributed by atoms with Crippen LogP contribution in [0.15, 0.2) is 41.2 Å². The van der Waals surface area contributed by atoms with Crippen molar-refractivity contribution in [2.24, 2.45) is 0 Å². The Bertz CT molecular complexity index is 1130. The van der Waals surface area contributed by atoms with Crippen molar-refractivity contribution in [1.29, 1.82) is 5.26 Å². The van der Waals surface area contributed by atoms with Gasteiger partial charge in [0.15, 0.2) is 17.3 Å². The molecule has 2 aromatic carbocycles. The van der Waals surface area contributed by atoms with Crippen molar-refractivity contribution in [3.8, 4) is 17.6 Å². The molecule has 0 saturated carbocycles. The standard InChI is InChI=1S/C20H16ClN3O3/c1-3-27-17-7-4-12(9-18(17)26-2)8-13(11-22)19-23-16-6-5-14(21)10-15(16)20(25)24-19/h4-10H,3H2,1-2H3,(H,23,24,25)/b13-8+. The summed E-state index contributed by atoms with van der Waals surface area (Å²) in [6.07, 6.45) is 1.62. The van der Waals surface area contributed by atoms with E-state index < -0.39 is 0 Å². The highest BCUT2D eigenvalue weighted by atomic mass is 35.5. The fourth-order valence-electron chi connectivity index (χ4n) is 2.61. The van der Waals surface area contributed by atoms with E-state index in [9.17, 15) is 10.1 Å². The number of nitrogens with one attached hydrogen (secondary N) is 1. The molecule has 0 fully saturated rings. The van der Waals surface area contributed by atoms with E-state index in [1.807, 2.05) is 6.92 Å². The zero-order chi connectivity index (χ0) is 19.4. The monoisotopic (exact) mass is 381 g/mol. The molecule has 0 radical (unpaired) electrons. The molecule has 3 aromatic rings. The number of hydrogen-bond acceptors (Lipinski definition) is 5. The van der Waals surface area contributed by atoms with Gasteiger partial charge in [0.1, 0.15) is 6.07 Å². The summed E-state index contributed by atoms with van der Waals surface area (Å²) in [6, 6.07) is 12.2. The second-order valence-electron chi connectivity index (χ2n) is 5.59. The van der Waals surface area contributed by atoms with E-state index >= 15 is 0 Å². The average Bonchev–Trinajstić information content (AvgIpc) is 2.67. The van der Waals surface area contributed by atoms with Gasteiger partial charge in [0.25, 0.3) is 5.56 Å². The Hall–Kier alpha value is -3.30. The molecule has 1 heterocycles. The number of ether oxygens (including phenoxy) is 2. The van der Waals surface area contributed by atoms with Gasteiger partial charge in [-0.25, -0.2) is 4.98 Å². The number of methoxy groups -OCH3 is 1. The van der Waals surface area contributed by atoms with Crippen molar-refractivity contribution < 1.29 is 9.47 Å². The van der Waals surface area contributed by atoms with E-state index in [1.165, 1.54) is 0 Å². The number of nitrogens with zero attached hydrogens (tertiary/aromatic N) is 2. The van der Waals surface area contributed by atoms with Crippen LogP contribution in [-0.4, -0.2) is 23.7 Å². The van der Waals surface area contributed by atoms with Crippen molar-refractivity contribution in [2.45, 2.75) is 6.92 Å². The van der Waals surface area contributed by atoms with Gasteiger partial charge in [-0.05, 0) is 48.9 Å². The van der Waals surface area contributed by atoms with Crippen molar-refractivity contribution >= 4 is 34.2 Å². The molecule has 3 rings (SSSR count). The van der Waals surface area contributed by atoms with Crippen LogP contribution in [0.25, 0.3) is 22.6 Å². The first-order valence-electron chi connectivity index (χ1n) is 8.18. The Kier molecular flexibility index (Phi) is 5.43. The van der Waals surface area contributed by atoms with Crippen LogP contribution < -0.4 is 15.0 Å². The van der Waals surface area contributed by atoms with Crippen LogP contribution in [0.3, 0.4) is 0 Å². The number of nitriles is 1. The molecular weight excluding hydrogens is 366 g/mol. The zero-order valence-electron chi connectivity index (χ0n) is 14.7. The summed E-state index contributed by atoms with van der Waals surface area (Å²) in [6.45, 7) is 2.40. The number of aromatic amines is 1. The quantitative estimate of drug-likeness (QED) is 0.673. The van der Waals surface area contributed by atoms with Gasteiger partial charge >= 0.3 is 0 Å². The molecule has 136 valence electrons. The molecule has 0 amide bonds. The fraction of sp³-hybridized carbons (Fsp3) is 0.150. The Balaban J connectivity index is 2.07. The van der Waals surface area contributed by atoms with Crippen molar-refractivity contribution in [3.05, 3.63) is 63.2 Å². The third kappa shape index (κ3) is 3.94. The minimum Gasteiger partial charge on any atom is -0.493 e. The molecular formula is C20H16ClN3O3. The number of rotatable bonds is 5. The number of halogens is 1. The van der Waals surface area contributed by atoms with Crippen molar-refractivity contribution in [1.82, 2.24) is 9.97 Å². The lowest BCUT2D eigenvalue weighted by molar-refractivity contribution is 0.311. The highest BCUT2D eigenvalue weighted by Gasteiger charge is 2.10. The van der Waals surface area contributed by atoms with Crippen LogP contribution in [0.1, 0.15) is 18.3 Å². The van der Waals surface area contributed by atoms with Gasteiger partial charge in [0, 0.05) is 5.02 Å². The van der Waals surface area contributed by atoms with E-state index in [2.05, 4.69) is 16.0 Å². The number of benzene rings is 2. The zero-order valence-corrected chi connectivity index (χ0v) is 15.5. The normalized spacial score (nSPS) is 11.3. The van der Waals surface area contributed by atoms with Crippen molar-refractivity contribution in [3.63, 3.8) is 0 Å². The Morgan fingerprint density at radius 3 is 2.81 bits per heavy atom. The maximum absolute atomic E-state index is 12.3. The van der Waals surface area contributed by atoms with Crippen LogP contribution in [0.4, 0.5) is 0 Å². The Morgan fingerprint density at radius 2 is 2.11 bits per heavy atom. The van der Waals surface area contributed by atoms with Crippen LogP contribution in [0.2, 0.25) is 5.02 Å². The number of hydrogen-bond donors (Lipinski definition) is 1.